The average molecular weight is 349 g/mol. The third-order valence-corrected chi connectivity index (χ3v) is 3.88. The van der Waals surface area contributed by atoms with Crippen LogP contribution in [0.5, 0.6) is 0 Å². The van der Waals surface area contributed by atoms with Crippen LogP contribution in [0.15, 0.2) is 42.5 Å². The summed E-state index contributed by atoms with van der Waals surface area (Å²) in [6.07, 6.45) is 2.09. The maximum atomic E-state index is 12.2. The van der Waals surface area contributed by atoms with Crippen LogP contribution in [-0.4, -0.2) is 17.9 Å². The van der Waals surface area contributed by atoms with E-state index in [-0.39, 0.29) is 11.8 Å². The molecule has 2 N–H and O–H groups in total. The van der Waals surface area contributed by atoms with Crippen LogP contribution in [0.3, 0.4) is 0 Å². The van der Waals surface area contributed by atoms with Gasteiger partial charge in [0.15, 0.2) is 0 Å². The molecule has 3 rings (SSSR count). The summed E-state index contributed by atoms with van der Waals surface area (Å²) < 4.78 is 0. The zero-order valence-corrected chi connectivity index (χ0v) is 13.6. The summed E-state index contributed by atoms with van der Waals surface area (Å²) in [4.78, 5) is 24.1. The van der Waals surface area contributed by atoms with Crippen LogP contribution in [0.2, 0.25) is 10.0 Å². The molecule has 0 heterocycles. The van der Waals surface area contributed by atoms with Gasteiger partial charge in [-0.05, 0) is 55.3 Å². The third-order valence-electron chi connectivity index (χ3n) is 3.44. The third kappa shape index (κ3) is 4.24. The highest BCUT2D eigenvalue weighted by atomic mass is 35.5. The van der Waals surface area contributed by atoms with Crippen molar-refractivity contribution < 1.29 is 9.59 Å². The highest BCUT2D eigenvalue weighted by molar-refractivity contribution is 6.35. The predicted octanol–water partition coefficient (Wildman–Crippen LogP) is 4.14. The molecule has 23 heavy (non-hydrogen) atoms. The molecular weight excluding hydrogens is 335 g/mol. The number of amides is 2. The lowest BCUT2D eigenvalue weighted by atomic mass is 10.1. The highest BCUT2D eigenvalue weighted by Crippen LogP contribution is 2.21. The molecule has 0 atom stereocenters. The van der Waals surface area contributed by atoms with Crippen molar-refractivity contribution in [3.8, 4) is 0 Å². The van der Waals surface area contributed by atoms with E-state index in [0.717, 1.165) is 12.8 Å². The quantitative estimate of drug-likeness (QED) is 0.872. The first-order valence-electron chi connectivity index (χ1n) is 7.19. The zero-order chi connectivity index (χ0) is 16.4. The normalized spacial score (nSPS) is 13.5. The number of nitrogens with one attached hydrogen (secondary N) is 2. The Kier molecular flexibility index (Phi) is 4.55. The van der Waals surface area contributed by atoms with Crippen LogP contribution < -0.4 is 10.6 Å². The van der Waals surface area contributed by atoms with Crippen molar-refractivity contribution in [3.63, 3.8) is 0 Å². The van der Waals surface area contributed by atoms with Gasteiger partial charge >= 0.3 is 0 Å². The molecule has 0 unspecified atom stereocenters. The Labute approximate surface area is 143 Å². The minimum absolute atomic E-state index is 0.0907. The summed E-state index contributed by atoms with van der Waals surface area (Å²) in [6.45, 7) is 0. The molecule has 1 aliphatic rings. The fourth-order valence-corrected chi connectivity index (χ4v) is 2.62. The second kappa shape index (κ2) is 6.60. The minimum Gasteiger partial charge on any atom is -0.349 e. The first-order chi connectivity index (χ1) is 11.0. The molecule has 2 aromatic rings. The Morgan fingerprint density at radius 1 is 0.870 bits per heavy atom. The molecule has 0 saturated heterocycles. The van der Waals surface area contributed by atoms with Gasteiger partial charge in [-0.3, -0.25) is 9.59 Å². The zero-order valence-electron chi connectivity index (χ0n) is 12.1. The molecule has 118 valence electrons. The smallest absolute Gasteiger partial charge is 0.255 e. The minimum atomic E-state index is -0.315. The maximum Gasteiger partial charge on any atom is 0.255 e. The van der Waals surface area contributed by atoms with Crippen molar-refractivity contribution in [2.75, 3.05) is 5.32 Å². The van der Waals surface area contributed by atoms with Gasteiger partial charge in [-0.15, -0.1) is 0 Å². The van der Waals surface area contributed by atoms with Crippen LogP contribution in [0.4, 0.5) is 5.69 Å². The van der Waals surface area contributed by atoms with E-state index >= 15 is 0 Å². The van der Waals surface area contributed by atoms with Crippen molar-refractivity contribution in [2.24, 2.45) is 0 Å². The summed E-state index contributed by atoms with van der Waals surface area (Å²) in [7, 11) is 0. The number of hydrogen-bond acceptors (Lipinski definition) is 2. The van der Waals surface area contributed by atoms with Gasteiger partial charge in [0.05, 0.1) is 0 Å². The fourth-order valence-electron chi connectivity index (χ4n) is 2.09. The van der Waals surface area contributed by atoms with E-state index in [1.54, 1.807) is 42.5 Å². The van der Waals surface area contributed by atoms with Crippen molar-refractivity contribution in [1.29, 1.82) is 0 Å². The van der Waals surface area contributed by atoms with Gasteiger partial charge in [-0.1, -0.05) is 23.2 Å². The Morgan fingerprint density at radius 2 is 1.48 bits per heavy atom. The fraction of sp³-hybridized carbons (Fsp3) is 0.176. The largest absolute Gasteiger partial charge is 0.349 e. The first kappa shape index (κ1) is 15.8. The number of halogens is 2. The first-order valence-corrected chi connectivity index (χ1v) is 7.95. The Balaban J connectivity index is 1.67. The molecule has 6 heteroatoms. The number of hydrogen-bond donors (Lipinski definition) is 2. The number of carbonyl (C=O) groups excluding carboxylic acids is 2. The lowest BCUT2D eigenvalue weighted by Crippen LogP contribution is -2.25. The summed E-state index contributed by atoms with van der Waals surface area (Å²) in [5.74, 6) is -0.406. The standard InChI is InChI=1S/C17H14Cl2N2O2/c18-12-7-11(8-13(19)9-12)17(23)21-14-3-1-10(2-4-14)16(22)20-15-5-6-15/h1-4,7-9,15H,5-6H2,(H,20,22)(H,21,23). The molecule has 2 aromatic carbocycles. The number of carbonyl (C=O) groups is 2. The monoisotopic (exact) mass is 348 g/mol. The second-order valence-electron chi connectivity index (χ2n) is 5.44. The molecule has 0 radical (unpaired) electrons. The molecule has 1 saturated carbocycles. The number of rotatable bonds is 4. The predicted molar refractivity (Wildman–Crippen MR) is 91.3 cm³/mol. The molecule has 1 fully saturated rings. The SMILES string of the molecule is O=C(Nc1ccc(C(=O)NC2CC2)cc1)c1cc(Cl)cc(Cl)c1. The number of benzene rings is 2. The molecule has 0 aliphatic heterocycles. The summed E-state index contributed by atoms with van der Waals surface area (Å²) in [6, 6.07) is 11.7. The van der Waals surface area contributed by atoms with Gasteiger partial charge in [0.2, 0.25) is 0 Å². The molecular formula is C17H14Cl2N2O2. The molecule has 0 aromatic heterocycles. The number of anilines is 1. The highest BCUT2D eigenvalue weighted by Gasteiger charge is 2.23. The van der Waals surface area contributed by atoms with Gasteiger partial charge in [0.25, 0.3) is 11.8 Å². The Hall–Kier alpha value is -2.04. The van der Waals surface area contributed by atoms with E-state index < -0.39 is 0 Å². The summed E-state index contributed by atoms with van der Waals surface area (Å²) in [5, 5.41) is 6.45. The molecule has 2 amide bonds. The van der Waals surface area contributed by atoms with Crippen LogP contribution in [-0.2, 0) is 0 Å². The van der Waals surface area contributed by atoms with E-state index in [1.165, 1.54) is 0 Å². The van der Waals surface area contributed by atoms with Crippen molar-refractivity contribution >= 4 is 40.7 Å². The van der Waals surface area contributed by atoms with Crippen LogP contribution in [0, 0.1) is 0 Å². The Bertz CT molecular complexity index is 735. The summed E-state index contributed by atoms with van der Waals surface area (Å²) >= 11 is 11.8. The second-order valence-corrected chi connectivity index (χ2v) is 6.31. The molecule has 0 spiro atoms. The van der Waals surface area contributed by atoms with Crippen molar-refractivity contribution in [1.82, 2.24) is 5.32 Å². The van der Waals surface area contributed by atoms with Gasteiger partial charge in [-0.2, -0.15) is 0 Å². The van der Waals surface area contributed by atoms with E-state index in [4.69, 9.17) is 23.2 Å². The van der Waals surface area contributed by atoms with Gasteiger partial charge < -0.3 is 10.6 Å². The summed E-state index contributed by atoms with van der Waals surface area (Å²) in [5.41, 5.74) is 1.54. The van der Waals surface area contributed by atoms with Crippen LogP contribution >= 0.6 is 23.2 Å². The van der Waals surface area contributed by atoms with Gasteiger partial charge in [0, 0.05) is 32.9 Å². The maximum absolute atomic E-state index is 12.2. The molecule has 0 bridgehead atoms. The van der Waals surface area contributed by atoms with E-state index in [2.05, 4.69) is 10.6 Å². The van der Waals surface area contributed by atoms with E-state index in [9.17, 15) is 9.59 Å². The van der Waals surface area contributed by atoms with Crippen molar-refractivity contribution in [2.45, 2.75) is 18.9 Å². The topological polar surface area (TPSA) is 58.2 Å². The van der Waals surface area contributed by atoms with E-state index in [1.807, 2.05) is 0 Å². The van der Waals surface area contributed by atoms with Crippen LogP contribution in [0.1, 0.15) is 33.6 Å². The van der Waals surface area contributed by atoms with Crippen molar-refractivity contribution in [3.05, 3.63) is 63.6 Å². The van der Waals surface area contributed by atoms with Crippen LogP contribution in [0.25, 0.3) is 0 Å². The average Bonchev–Trinajstić information content (AvgIpc) is 3.31. The Morgan fingerprint density at radius 3 is 2.04 bits per heavy atom. The van der Waals surface area contributed by atoms with E-state index in [0.29, 0.717) is 32.9 Å². The molecule has 4 nitrogen and oxygen atoms in total. The molecule has 1 aliphatic carbocycles. The van der Waals surface area contributed by atoms with Gasteiger partial charge in [-0.25, -0.2) is 0 Å². The lowest BCUT2D eigenvalue weighted by molar-refractivity contribution is 0.0950. The lowest BCUT2D eigenvalue weighted by Gasteiger charge is -2.08. The van der Waals surface area contributed by atoms with Gasteiger partial charge in [0.1, 0.15) is 0 Å².